The van der Waals surface area contributed by atoms with E-state index in [9.17, 15) is 4.79 Å². The van der Waals surface area contributed by atoms with E-state index in [0.29, 0.717) is 49.2 Å². The van der Waals surface area contributed by atoms with E-state index in [1.54, 1.807) is 6.07 Å². The SMILES string of the molecule is COC(=O)c1cc(O[C@@H]2CCOC2)c2c(c1N)N(C)CCO2. The molecule has 0 aromatic heterocycles. The first-order chi connectivity index (χ1) is 10.6. The monoisotopic (exact) mass is 308 g/mol. The fourth-order valence-electron chi connectivity index (χ4n) is 2.71. The van der Waals surface area contributed by atoms with Crippen LogP contribution in [0, 0.1) is 0 Å². The van der Waals surface area contributed by atoms with Gasteiger partial charge in [-0.1, -0.05) is 0 Å². The molecule has 1 atom stereocenters. The number of rotatable bonds is 3. The van der Waals surface area contributed by atoms with E-state index in [4.69, 9.17) is 24.7 Å². The maximum Gasteiger partial charge on any atom is 0.340 e. The van der Waals surface area contributed by atoms with Gasteiger partial charge in [-0.2, -0.15) is 0 Å². The topological polar surface area (TPSA) is 83.2 Å². The number of fused-ring (bicyclic) bond motifs is 1. The smallest absolute Gasteiger partial charge is 0.340 e. The Labute approximate surface area is 128 Å². The highest BCUT2D eigenvalue weighted by Gasteiger charge is 2.29. The molecule has 3 rings (SSSR count). The van der Waals surface area contributed by atoms with Gasteiger partial charge in [-0.05, 0) is 0 Å². The second kappa shape index (κ2) is 5.92. The van der Waals surface area contributed by atoms with Crippen LogP contribution in [0.3, 0.4) is 0 Å². The van der Waals surface area contributed by atoms with Crippen LogP contribution in [0.15, 0.2) is 6.07 Å². The fourth-order valence-corrected chi connectivity index (χ4v) is 2.71. The molecule has 0 unspecified atom stereocenters. The molecule has 1 aromatic rings. The van der Waals surface area contributed by atoms with Gasteiger partial charge in [0.05, 0.1) is 38.1 Å². The molecule has 0 saturated carbocycles. The van der Waals surface area contributed by atoms with E-state index in [0.717, 1.165) is 6.42 Å². The van der Waals surface area contributed by atoms with Crippen LogP contribution in [0.5, 0.6) is 11.5 Å². The second-order valence-corrected chi connectivity index (χ2v) is 5.38. The third-order valence-corrected chi connectivity index (χ3v) is 3.90. The Balaban J connectivity index is 2.06. The van der Waals surface area contributed by atoms with Crippen molar-refractivity contribution >= 4 is 17.3 Å². The molecule has 2 heterocycles. The first-order valence-corrected chi connectivity index (χ1v) is 7.25. The standard InChI is InChI=1S/C15H20N2O5/c1-17-4-6-21-14-11(22-9-3-5-20-8-9)7-10(15(18)19-2)12(16)13(14)17/h7,9H,3-6,8,16H2,1-2H3/t9-/m1/s1. The van der Waals surface area contributed by atoms with Crippen LogP contribution in [-0.2, 0) is 9.47 Å². The number of hydrogen-bond donors (Lipinski definition) is 1. The highest BCUT2D eigenvalue weighted by atomic mass is 16.6. The lowest BCUT2D eigenvalue weighted by molar-refractivity contribution is 0.0601. The third-order valence-electron chi connectivity index (χ3n) is 3.90. The van der Waals surface area contributed by atoms with Gasteiger partial charge < -0.3 is 29.6 Å². The number of likely N-dealkylation sites (N-methyl/N-ethyl adjacent to an activating group) is 1. The van der Waals surface area contributed by atoms with Crippen LogP contribution in [0.4, 0.5) is 11.4 Å². The van der Waals surface area contributed by atoms with Gasteiger partial charge in [-0.15, -0.1) is 0 Å². The number of carbonyl (C=O) groups is 1. The van der Waals surface area contributed by atoms with Crippen molar-refractivity contribution in [3.8, 4) is 11.5 Å². The number of anilines is 2. The Morgan fingerprint density at radius 1 is 1.45 bits per heavy atom. The van der Waals surface area contributed by atoms with Crippen LogP contribution in [0.1, 0.15) is 16.8 Å². The molecule has 2 aliphatic heterocycles. The highest BCUT2D eigenvalue weighted by molar-refractivity contribution is 6.01. The number of nitrogens with two attached hydrogens (primary N) is 1. The molecule has 2 aliphatic rings. The number of benzene rings is 1. The molecule has 0 bridgehead atoms. The van der Waals surface area contributed by atoms with Crippen molar-refractivity contribution in [2.45, 2.75) is 12.5 Å². The predicted molar refractivity (Wildman–Crippen MR) is 80.8 cm³/mol. The van der Waals surface area contributed by atoms with E-state index in [1.807, 2.05) is 11.9 Å². The molecule has 0 spiro atoms. The lowest BCUT2D eigenvalue weighted by Crippen LogP contribution is -2.31. The van der Waals surface area contributed by atoms with Crippen molar-refractivity contribution in [1.82, 2.24) is 0 Å². The van der Waals surface area contributed by atoms with E-state index >= 15 is 0 Å². The quantitative estimate of drug-likeness (QED) is 0.660. The van der Waals surface area contributed by atoms with Gasteiger partial charge in [0.2, 0.25) is 0 Å². The van der Waals surface area contributed by atoms with Crippen molar-refractivity contribution in [3.63, 3.8) is 0 Å². The van der Waals surface area contributed by atoms with Gasteiger partial charge in [0.15, 0.2) is 11.5 Å². The number of hydrogen-bond acceptors (Lipinski definition) is 7. The summed E-state index contributed by atoms with van der Waals surface area (Å²) < 4.78 is 21.9. The van der Waals surface area contributed by atoms with E-state index in [-0.39, 0.29) is 11.7 Å². The minimum Gasteiger partial charge on any atom is -0.486 e. The maximum atomic E-state index is 12.0. The molecular weight excluding hydrogens is 288 g/mol. The zero-order valence-corrected chi connectivity index (χ0v) is 12.8. The summed E-state index contributed by atoms with van der Waals surface area (Å²) in [5.74, 6) is 0.587. The average Bonchev–Trinajstić information content (AvgIpc) is 3.02. The molecule has 2 N–H and O–H groups in total. The Hall–Kier alpha value is -2.15. The Morgan fingerprint density at radius 2 is 2.27 bits per heavy atom. The normalized spacial score (nSPS) is 20.3. The number of esters is 1. The minimum atomic E-state index is -0.494. The molecule has 1 saturated heterocycles. The highest BCUT2D eigenvalue weighted by Crippen LogP contribution is 2.46. The molecule has 22 heavy (non-hydrogen) atoms. The Bertz CT molecular complexity index is 584. The Morgan fingerprint density at radius 3 is 2.95 bits per heavy atom. The number of ether oxygens (including phenoxy) is 4. The summed E-state index contributed by atoms with van der Waals surface area (Å²) in [6, 6.07) is 1.59. The number of nitrogen functional groups attached to an aromatic ring is 1. The van der Waals surface area contributed by atoms with Crippen LogP contribution < -0.4 is 20.1 Å². The second-order valence-electron chi connectivity index (χ2n) is 5.38. The summed E-state index contributed by atoms with van der Waals surface area (Å²) in [5.41, 5.74) is 7.45. The number of carbonyl (C=O) groups excluding carboxylic acids is 1. The van der Waals surface area contributed by atoms with Crippen molar-refractivity contribution in [2.75, 3.05) is 51.2 Å². The van der Waals surface area contributed by atoms with Crippen molar-refractivity contribution in [1.29, 1.82) is 0 Å². The fraction of sp³-hybridized carbons (Fsp3) is 0.533. The largest absolute Gasteiger partial charge is 0.486 e. The van der Waals surface area contributed by atoms with Gasteiger partial charge in [0, 0.05) is 19.5 Å². The summed E-state index contributed by atoms with van der Waals surface area (Å²) in [4.78, 5) is 13.9. The predicted octanol–water partition coefficient (Wildman–Crippen LogP) is 1.05. The molecular formula is C15H20N2O5. The van der Waals surface area contributed by atoms with Crippen molar-refractivity contribution in [3.05, 3.63) is 11.6 Å². The summed E-state index contributed by atoms with van der Waals surface area (Å²) in [5, 5.41) is 0. The van der Waals surface area contributed by atoms with Crippen LogP contribution in [-0.4, -0.2) is 52.6 Å². The first kappa shape index (κ1) is 14.8. The zero-order chi connectivity index (χ0) is 15.7. The summed E-state index contributed by atoms with van der Waals surface area (Å²) >= 11 is 0. The molecule has 7 nitrogen and oxygen atoms in total. The maximum absolute atomic E-state index is 12.0. The zero-order valence-electron chi connectivity index (χ0n) is 12.8. The van der Waals surface area contributed by atoms with E-state index in [2.05, 4.69) is 0 Å². The number of nitrogens with zero attached hydrogens (tertiary/aromatic N) is 1. The molecule has 1 aromatic carbocycles. The van der Waals surface area contributed by atoms with Gasteiger partial charge in [-0.3, -0.25) is 0 Å². The molecule has 0 amide bonds. The van der Waals surface area contributed by atoms with E-state index in [1.165, 1.54) is 7.11 Å². The lowest BCUT2D eigenvalue weighted by atomic mass is 10.1. The van der Waals surface area contributed by atoms with Gasteiger partial charge in [0.1, 0.15) is 18.4 Å². The van der Waals surface area contributed by atoms with E-state index < -0.39 is 5.97 Å². The Kier molecular flexibility index (Phi) is 3.98. The first-order valence-electron chi connectivity index (χ1n) is 7.25. The number of methoxy groups -OCH3 is 1. The van der Waals surface area contributed by atoms with Crippen LogP contribution in [0.2, 0.25) is 0 Å². The van der Waals surface area contributed by atoms with Crippen molar-refractivity contribution < 1.29 is 23.7 Å². The molecule has 120 valence electrons. The third kappa shape index (κ3) is 2.52. The lowest BCUT2D eigenvalue weighted by Gasteiger charge is -2.31. The van der Waals surface area contributed by atoms with Gasteiger partial charge in [-0.25, -0.2) is 4.79 Å². The van der Waals surface area contributed by atoms with Crippen molar-refractivity contribution in [2.24, 2.45) is 0 Å². The summed E-state index contributed by atoms with van der Waals surface area (Å²) in [6.07, 6.45) is 0.761. The minimum absolute atomic E-state index is 0.0472. The van der Waals surface area contributed by atoms with Gasteiger partial charge >= 0.3 is 5.97 Å². The van der Waals surface area contributed by atoms with Crippen LogP contribution in [0.25, 0.3) is 0 Å². The van der Waals surface area contributed by atoms with Crippen LogP contribution >= 0.6 is 0 Å². The summed E-state index contributed by atoms with van der Waals surface area (Å²) in [6.45, 7) is 2.43. The summed E-state index contributed by atoms with van der Waals surface area (Å²) in [7, 11) is 3.23. The average molecular weight is 308 g/mol. The molecule has 7 heteroatoms. The molecule has 0 radical (unpaired) electrons. The molecule has 0 aliphatic carbocycles. The molecule has 1 fully saturated rings. The van der Waals surface area contributed by atoms with Gasteiger partial charge in [0.25, 0.3) is 0 Å².